The van der Waals surface area contributed by atoms with E-state index in [-0.39, 0.29) is 36.4 Å². The van der Waals surface area contributed by atoms with E-state index in [1.807, 2.05) is 36.0 Å². The van der Waals surface area contributed by atoms with Crippen LogP contribution in [0, 0.1) is 0 Å². The number of hydrogen-bond donors (Lipinski definition) is 3. The predicted octanol–water partition coefficient (Wildman–Crippen LogP) is 2.53. The SMILES string of the molecule is CCOC(=O)CC(NC(=O)CCCC[C@@H]1SC[C@@H]2NC(=O)N[C@@H]21)c1cccc(OC)c1. The number of carbonyl (C=O) groups excluding carboxylic acids is 3. The number of urea groups is 1. The second-order valence-electron chi connectivity index (χ2n) is 7.77. The van der Waals surface area contributed by atoms with E-state index < -0.39 is 6.04 Å². The van der Waals surface area contributed by atoms with E-state index in [4.69, 9.17) is 9.47 Å². The molecule has 0 spiro atoms. The molecule has 31 heavy (non-hydrogen) atoms. The molecule has 3 N–H and O–H groups in total. The Kier molecular flexibility index (Phi) is 8.45. The summed E-state index contributed by atoms with van der Waals surface area (Å²) >= 11 is 1.88. The highest BCUT2D eigenvalue weighted by atomic mass is 32.2. The quantitative estimate of drug-likeness (QED) is 0.272. The molecule has 0 aliphatic carbocycles. The van der Waals surface area contributed by atoms with Crippen molar-refractivity contribution >= 4 is 29.7 Å². The van der Waals surface area contributed by atoms with Crippen LogP contribution < -0.4 is 20.7 Å². The molecular formula is C22H31N3O5S. The zero-order valence-electron chi connectivity index (χ0n) is 18.0. The van der Waals surface area contributed by atoms with Gasteiger partial charge in [0.05, 0.1) is 38.3 Å². The minimum atomic E-state index is -0.465. The normalized spacial score (nSPS) is 22.8. The van der Waals surface area contributed by atoms with Gasteiger partial charge in [-0.05, 0) is 37.5 Å². The van der Waals surface area contributed by atoms with Gasteiger partial charge in [0, 0.05) is 17.4 Å². The molecule has 0 radical (unpaired) electrons. The van der Waals surface area contributed by atoms with Crippen molar-refractivity contribution in [3.63, 3.8) is 0 Å². The summed E-state index contributed by atoms with van der Waals surface area (Å²) in [5.41, 5.74) is 0.804. The number of unbranched alkanes of at least 4 members (excludes halogenated alkanes) is 1. The maximum atomic E-state index is 12.6. The Bertz CT molecular complexity index is 790. The molecule has 2 heterocycles. The maximum Gasteiger partial charge on any atom is 0.315 e. The molecule has 8 nitrogen and oxygen atoms in total. The van der Waals surface area contributed by atoms with Crippen LogP contribution in [0.1, 0.15) is 50.6 Å². The standard InChI is InChI=1S/C22H31N3O5S/c1-3-30-20(27)12-16(14-7-6-8-15(11-14)29-2)23-19(26)10-5-4-9-18-21-17(13-31-18)24-22(28)25-21/h6-8,11,16-18,21H,3-5,9-10,12-13H2,1-2H3,(H,23,26)(H2,24,25,28)/t16?,17-,18-,21-/m0/s1. The molecule has 170 valence electrons. The molecule has 9 heteroatoms. The number of fused-ring (bicyclic) bond motifs is 1. The summed E-state index contributed by atoms with van der Waals surface area (Å²) in [6.07, 6.45) is 3.08. The van der Waals surface area contributed by atoms with Crippen LogP contribution >= 0.6 is 11.8 Å². The van der Waals surface area contributed by atoms with Gasteiger partial charge in [0.1, 0.15) is 5.75 Å². The van der Waals surface area contributed by atoms with Crippen molar-refractivity contribution in [3.8, 4) is 5.75 Å². The summed E-state index contributed by atoms with van der Waals surface area (Å²) in [5, 5.41) is 9.30. The van der Waals surface area contributed by atoms with Crippen molar-refractivity contribution in [2.75, 3.05) is 19.5 Å². The summed E-state index contributed by atoms with van der Waals surface area (Å²) in [5.74, 6) is 1.16. The molecule has 0 saturated carbocycles. The van der Waals surface area contributed by atoms with E-state index in [2.05, 4.69) is 16.0 Å². The van der Waals surface area contributed by atoms with Gasteiger partial charge in [0.2, 0.25) is 5.91 Å². The van der Waals surface area contributed by atoms with E-state index in [0.29, 0.717) is 24.0 Å². The van der Waals surface area contributed by atoms with E-state index in [1.54, 1.807) is 14.0 Å². The van der Waals surface area contributed by atoms with Gasteiger partial charge in [0.15, 0.2) is 0 Å². The van der Waals surface area contributed by atoms with Crippen molar-refractivity contribution in [1.29, 1.82) is 0 Å². The molecule has 2 aliphatic heterocycles. The molecule has 1 aromatic rings. The lowest BCUT2D eigenvalue weighted by atomic mass is 10.0. The van der Waals surface area contributed by atoms with Crippen molar-refractivity contribution < 1.29 is 23.9 Å². The molecule has 2 saturated heterocycles. The molecule has 3 amide bonds. The van der Waals surface area contributed by atoms with Crippen LogP contribution in [-0.4, -0.2) is 54.7 Å². The van der Waals surface area contributed by atoms with Crippen LogP contribution in [0.4, 0.5) is 4.79 Å². The molecule has 4 atom stereocenters. The first-order chi connectivity index (χ1) is 15.0. The molecule has 2 fully saturated rings. The Hall–Kier alpha value is -2.42. The highest BCUT2D eigenvalue weighted by molar-refractivity contribution is 8.00. The van der Waals surface area contributed by atoms with Crippen LogP contribution in [-0.2, 0) is 14.3 Å². The van der Waals surface area contributed by atoms with E-state index >= 15 is 0 Å². The fourth-order valence-corrected chi connectivity index (χ4v) is 5.58. The molecule has 3 rings (SSSR count). The minimum absolute atomic E-state index is 0.0707. The summed E-state index contributed by atoms with van der Waals surface area (Å²) in [4.78, 5) is 36.1. The lowest BCUT2D eigenvalue weighted by Gasteiger charge is -2.19. The fourth-order valence-electron chi connectivity index (χ4n) is 4.04. The third-order valence-electron chi connectivity index (χ3n) is 5.59. The summed E-state index contributed by atoms with van der Waals surface area (Å²) in [6, 6.07) is 7.21. The number of amides is 3. The third kappa shape index (κ3) is 6.53. The maximum absolute atomic E-state index is 12.6. The first kappa shape index (κ1) is 23.2. The Morgan fingerprint density at radius 3 is 2.90 bits per heavy atom. The Morgan fingerprint density at radius 2 is 2.13 bits per heavy atom. The summed E-state index contributed by atoms with van der Waals surface area (Å²) in [6.45, 7) is 2.06. The molecule has 2 aliphatic rings. The summed E-state index contributed by atoms with van der Waals surface area (Å²) < 4.78 is 10.3. The Labute approximate surface area is 187 Å². The average molecular weight is 450 g/mol. The molecular weight excluding hydrogens is 418 g/mol. The monoisotopic (exact) mass is 449 g/mol. The lowest BCUT2D eigenvalue weighted by Crippen LogP contribution is -2.36. The Morgan fingerprint density at radius 1 is 1.29 bits per heavy atom. The van der Waals surface area contributed by atoms with Gasteiger partial charge in [-0.15, -0.1) is 0 Å². The molecule has 1 aromatic carbocycles. The van der Waals surface area contributed by atoms with Crippen molar-refractivity contribution in [1.82, 2.24) is 16.0 Å². The first-order valence-electron chi connectivity index (χ1n) is 10.8. The molecule has 1 unspecified atom stereocenters. The molecule has 0 bridgehead atoms. The number of hydrogen-bond acceptors (Lipinski definition) is 6. The largest absolute Gasteiger partial charge is 0.497 e. The highest BCUT2D eigenvalue weighted by Gasteiger charge is 2.42. The van der Waals surface area contributed by atoms with Crippen LogP contribution in [0.2, 0.25) is 0 Å². The van der Waals surface area contributed by atoms with Gasteiger partial charge in [0.25, 0.3) is 0 Å². The van der Waals surface area contributed by atoms with Crippen molar-refractivity contribution in [2.24, 2.45) is 0 Å². The third-order valence-corrected chi connectivity index (χ3v) is 7.10. The number of thioether (sulfide) groups is 1. The lowest BCUT2D eigenvalue weighted by molar-refractivity contribution is -0.143. The average Bonchev–Trinajstić information content (AvgIpc) is 3.30. The van der Waals surface area contributed by atoms with Gasteiger partial charge >= 0.3 is 12.0 Å². The van der Waals surface area contributed by atoms with E-state index in [0.717, 1.165) is 30.6 Å². The number of ether oxygens (including phenoxy) is 2. The fraction of sp³-hybridized carbons (Fsp3) is 0.591. The second-order valence-corrected chi connectivity index (χ2v) is 9.05. The highest BCUT2D eigenvalue weighted by Crippen LogP contribution is 2.33. The van der Waals surface area contributed by atoms with E-state index in [1.165, 1.54) is 0 Å². The van der Waals surface area contributed by atoms with Gasteiger partial charge in [-0.25, -0.2) is 4.79 Å². The second kappa shape index (κ2) is 11.3. The van der Waals surface area contributed by atoms with Crippen molar-refractivity contribution in [3.05, 3.63) is 29.8 Å². The Balaban J connectivity index is 1.47. The smallest absolute Gasteiger partial charge is 0.315 e. The van der Waals surface area contributed by atoms with Crippen LogP contribution in [0.3, 0.4) is 0 Å². The zero-order valence-corrected chi connectivity index (χ0v) is 18.8. The molecule has 0 aromatic heterocycles. The van der Waals surface area contributed by atoms with Gasteiger partial charge in [-0.1, -0.05) is 18.6 Å². The topological polar surface area (TPSA) is 106 Å². The van der Waals surface area contributed by atoms with E-state index in [9.17, 15) is 14.4 Å². The number of rotatable bonds is 11. The minimum Gasteiger partial charge on any atom is -0.497 e. The zero-order chi connectivity index (χ0) is 22.2. The summed E-state index contributed by atoms with van der Waals surface area (Å²) in [7, 11) is 1.58. The number of methoxy groups -OCH3 is 1. The number of nitrogens with one attached hydrogen (secondary N) is 3. The predicted molar refractivity (Wildman–Crippen MR) is 119 cm³/mol. The van der Waals surface area contributed by atoms with Crippen molar-refractivity contribution in [2.45, 2.75) is 62.4 Å². The van der Waals surface area contributed by atoms with Crippen LogP contribution in [0.15, 0.2) is 24.3 Å². The number of benzene rings is 1. The number of carbonyl (C=O) groups is 3. The van der Waals surface area contributed by atoms with Gasteiger partial charge in [-0.3, -0.25) is 9.59 Å². The van der Waals surface area contributed by atoms with Gasteiger partial charge in [-0.2, -0.15) is 11.8 Å². The first-order valence-corrected chi connectivity index (χ1v) is 11.8. The number of esters is 1. The van der Waals surface area contributed by atoms with Gasteiger partial charge < -0.3 is 25.4 Å². The van der Waals surface area contributed by atoms with Crippen LogP contribution in [0.5, 0.6) is 5.75 Å². The van der Waals surface area contributed by atoms with Crippen LogP contribution in [0.25, 0.3) is 0 Å².